The van der Waals surface area contributed by atoms with Crippen LogP contribution in [0, 0.1) is 0 Å². The molecule has 0 saturated carbocycles. The summed E-state index contributed by atoms with van der Waals surface area (Å²) in [6.07, 6.45) is 29.0. The van der Waals surface area contributed by atoms with Crippen LogP contribution in [0.3, 0.4) is 0 Å². The van der Waals surface area contributed by atoms with Gasteiger partial charge in [-0.2, -0.15) is 0 Å². The maximum atomic E-state index is 10.2. The Balaban J connectivity index is 3.28. The molecule has 0 aliphatic rings. The third-order valence-corrected chi connectivity index (χ3v) is 6.86. The van der Waals surface area contributed by atoms with Gasteiger partial charge in [0, 0.05) is 6.54 Å². The van der Waals surface area contributed by atoms with Gasteiger partial charge >= 0.3 is 0 Å². The minimum atomic E-state index is -0.620. The van der Waals surface area contributed by atoms with Crippen LogP contribution >= 0.6 is 0 Å². The summed E-state index contributed by atoms with van der Waals surface area (Å²) in [6, 6.07) is 0. The summed E-state index contributed by atoms with van der Waals surface area (Å²) in [5, 5.41) is 23.6. The van der Waals surface area contributed by atoms with Crippen LogP contribution in [-0.4, -0.2) is 35.5 Å². The quantitative estimate of drug-likeness (QED) is 0.109. The van der Waals surface area contributed by atoms with Crippen LogP contribution < -0.4 is 5.32 Å². The maximum absolute atomic E-state index is 10.2. The Kier molecular flexibility index (Phi) is 27.0. The predicted octanol–water partition coefficient (Wildman–Crippen LogP) is 8.31. The second-order valence-electron chi connectivity index (χ2n) is 10.2. The first kappa shape index (κ1) is 31.9. The first-order chi connectivity index (χ1) is 15.7. The topological polar surface area (TPSA) is 52.5 Å². The van der Waals surface area contributed by atoms with Crippen molar-refractivity contribution < 1.29 is 10.2 Å². The van der Waals surface area contributed by atoms with Crippen molar-refractivity contribution in [2.75, 3.05) is 13.1 Å². The molecule has 0 spiro atoms. The Labute approximate surface area is 202 Å². The molecule has 2 unspecified atom stereocenters. The van der Waals surface area contributed by atoms with Gasteiger partial charge in [-0.05, 0) is 19.4 Å². The summed E-state index contributed by atoms with van der Waals surface area (Å²) in [4.78, 5) is 0. The number of hydrogen-bond donors (Lipinski definition) is 3. The van der Waals surface area contributed by atoms with E-state index in [0.29, 0.717) is 6.54 Å². The molecule has 0 fully saturated rings. The molecule has 3 heteroatoms. The summed E-state index contributed by atoms with van der Waals surface area (Å²) < 4.78 is 0. The van der Waals surface area contributed by atoms with E-state index in [2.05, 4.69) is 19.2 Å². The fourth-order valence-corrected chi connectivity index (χ4v) is 4.51. The first-order valence-corrected chi connectivity index (χ1v) is 14.8. The van der Waals surface area contributed by atoms with Crippen molar-refractivity contribution in [3.63, 3.8) is 0 Å². The molecule has 0 amide bonds. The molecule has 0 aromatic carbocycles. The second-order valence-corrected chi connectivity index (χ2v) is 10.2. The molecule has 0 aromatic heterocycles. The molecule has 32 heavy (non-hydrogen) atoms. The molecule has 0 aliphatic carbocycles. The van der Waals surface area contributed by atoms with Crippen LogP contribution in [0.5, 0.6) is 0 Å². The van der Waals surface area contributed by atoms with Crippen LogP contribution in [0.1, 0.15) is 162 Å². The molecule has 0 aliphatic heterocycles. The highest BCUT2D eigenvalue weighted by Crippen LogP contribution is 2.14. The van der Waals surface area contributed by atoms with Gasteiger partial charge in [0.2, 0.25) is 0 Å². The average Bonchev–Trinajstić information content (AvgIpc) is 2.80. The predicted molar refractivity (Wildman–Crippen MR) is 142 cm³/mol. The molecule has 0 rings (SSSR count). The summed E-state index contributed by atoms with van der Waals surface area (Å²) in [7, 11) is 0. The lowest BCUT2D eigenvalue weighted by Crippen LogP contribution is -2.36. The number of rotatable bonds is 27. The van der Waals surface area contributed by atoms with Gasteiger partial charge in [0.1, 0.15) is 0 Å². The molecule has 194 valence electrons. The zero-order valence-corrected chi connectivity index (χ0v) is 22.2. The smallest absolute Gasteiger partial charge is 0.0923 e. The van der Waals surface area contributed by atoms with E-state index in [1.54, 1.807) is 0 Å². The van der Waals surface area contributed by atoms with Crippen molar-refractivity contribution in [3.8, 4) is 0 Å². The van der Waals surface area contributed by atoms with Crippen molar-refractivity contribution in [1.82, 2.24) is 5.32 Å². The average molecular weight is 456 g/mol. The van der Waals surface area contributed by atoms with Crippen LogP contribution in [0.25, 0.3) is 0 Å². The van der Waals surface area contributed by atoms with Gasteiger partial charge in [-0.25, -0.2) is 0 Å². The lowest BCUT2D eigenvalue weighted by molar-refractivity contribution is 0.0140. The van der Waals surface area contributed by atoms with E-state index in [4.69, 9.17) is 0 Å². The zero-order valence-electron chi connectivity index (χ0n) is 22.2. The van der Waals surface area contributed by atoms with E-state index < -0.39 is 12.2 Å². The Hall–Kier alpha value is -0.120. The van der Waals surface area contributed by atoms with Crippen molar-refractivity contribution in [2.45, 2.75) is 174 Å². The van der Waals surface area contributed by atoms with Crippen molar-refractivity contribution >= 4 is 0 Å². The van der Waals surface area contributed by atoms with Gasteiger partial charge in [-0.3, -0.25) is 0 Å². The van der Waals surface area contributed by atoms with Gasteiger partial charge < -0.3 is 15.5 Å². The van der Waals surface area contributed by atoms with E-state index >= 15 is 0 Å². The van der Waals surface area contributed by atoms with E-state index in [0.717, 1.165) is 19.4 Å². The number of aliphatic hydroxyl groups excluding tert-OH is 2. The molecule has 3 nitrogen and oxygen atoms in total. The molecule has 3 N–H and O–H groups in total. The van der Waals surface area contributed by atoms with Gasteiger partial charge in [0.25, 0.3) is 0 Å². The molecule has 2 atom stereocenters. The largest absolute Gasteiger partial charge is 0.390 e. The van der Waals surface area contributed by atoms with E-state index in [1.807, 2.05) is 0 Å². The Morgan fingerprint density at radius 2 is 0.781 bits per heavy atom. The molecule has 0 heterocycles. The molecule has 0 aromatic rings. The minimum Gasteiger partial charge on any atom is -0.390 e. The minimum absolute atomic E-state index is 0.525. The Morgan fingerprint density at radius 3 is 1.19 bits per heavy atom. The standard InChI is InChI=1S/C29H61NO2/c1-3-5-7-9-11-13-15-16-17-19-21-23-25-28(31)29(32)27-30-26-24-22-20-18-14-12-10-8-6-4-2/h28-32H,3-27H2,1-2H3. The number of aliphatic hydroxyl groups is 2. The van der Waals surface area contributed by atoms with Gasteiger partial charge in [-0.15, -0.1) is 0 Å². The Bertz CT molecular complexity index is 305. The fraction of sp³-hybridized carbons (Fsp3) is 1.00. The van der Waals surface area contributed by atoms with E-state index in [1.165, 1.54) is 135 Å². The van der Waals surface area contributed by atoms with Crippen LogP contribution in [0.15, 0.2) is 0 Å². The summed E-state index contributed by atoms with van der Waals surface area (Å²) in [5.74, 6) is 0. The summed E-state index contributed by atoms with van der Waals surface area (Å²) in [5.41, 5.74) is 0. The van der Waals surface area contributed by atoms with E-state index in [-0.39, 0.29) is 0 Å². The van der Waals surface area contributed by atoms with E-state index in [9.17, 15) is 10.2 Å². The van der Waals surface area contributed by atoms with Crippen LogP contribution in [-0.2, 0) is 0 Å². The SMILES string of the molecule is CCCCCCCCCCCCCCC(O)C(O)CNCCCCCCCCCCCC. The fourth-order valence-electron chi connectivity index (χ4n) is 4.51. The third kappa shape index (κ3) is 24.5. The summed E-state index contributed by atoms with van der Waals surface area (Å²) >= 11 is 0. The van der Waals surface area contributed by atoms with Crippen LogP contribution in [0.4, 0.5) is 0 Å². The van der Waals surface area contributed by atoms with Crippen LogP contribution in [0.2, 0.25) is 0 Å². The highest BCUT2D eigenvalue weighted by atomic mass is 16.3. The van der Waals surface area contributed by atoms with Crippen molar-refractivity contribution in [2.24, 2.45) is 0 Å². The van der Waals surface area contributed by atoms with Crippen molar-refractivity contribution in [3.05, 3.63) is 0 Å². The second kappa shape index (κ2) is 27.1. The lowest BCUT2D eigenvalue weighted by atomic mass is 10.0. The van der Waals surface area contributed by atoms with Gasteiger partial charge in [0.05, 0.1) is 12.2 Å². The summed E-state index contributed by atoms with van der Waals surface area (Å²) in [6.45, 7) is 6.03. The van der Waals surface area contributed by atoms with Gasteiger partial charge in [-0.1, -0.05) is 149 Å². The Morgan fingerprint density at radius 1 is 0.438 bits per heavy atom. The molecular weight excluding hydrogens is 394 g/mol. The normalized spacial score (nSPS) is 13.5. The molecular formula is C29H61NO2. The number of hydrogen-bond acceptors (Lipinski definition) is 3. The monoisotopic (exact) mass is 455 g/mol. The first-order valence-electron chi connectivity index (χ1n) is 14.8. The lowest BCUT2D eigenvalue weighted by Gasteiger charge is -2.18. The molecule has 0 bridgehead atoms. The number of nitrogens with one attached hydrogen (secondary N) is 1. The highest BCUT2D eigenvalue weighted by Gasteiger charge is 2.14. The van der Waals surface area contributed by atoms with Gasteiger partial charge in [0.15, 0.2) is 0 Å². The molecule has 0 saturated heterocycles. The maximum Gasteiger partial charge on any atom is 0.0923 e. The zero-order chi connectivity index (χ0) is 23.5. The van der Waals surface area contributed by atoms with Crippen molar-refractivity contribution in [1.29, 1.82) is 0 Å². The molecule has 0 radical (unpaired) electrons. The number of unbranched alkanes of at least 4 members (excludes halogenated alkanes) is 20. The highest BCUT2D eigenvalue weighted by molar-refractivity contribution is 4.70. The third-order valence-electron chi connectivity index (χ3n) is 6.86.